The summed E-state index contributed by atoms with van der Waals surface area (Å²) in [5, 5.41) is 13.3. The molecule has 16 heavy (non-hydrogen) atoms. The Morgan fingerprint density at radius 2 is 2.06 bits per heavy atom. The number of hydrogen-bond acceptors (Lipinski definition) is 3. The van der Waals surface area contributed by atoms with Crippen molar-refractivity contribution in [3.8, 4) is 0 Å². The number of aliphatic hydroxyl groups is 1. The first-order valence-electron chi connectivity index (χ1n) is 4.95. The fraction of sp³-hybridized carbons (Fsp3) is 0.250. The van der Waals surface area contributed by atoms with Crippen LogP contribution in [0.25, 0.3) is 0 Å². The molecule has 1 aromatic heterocycles. The van der Waals surface area contributed by atoms with Crippen LogP contribution in [0.1, 0.15) is 17.5 Å². The molecule has 1 atom stereocenters. The Labute approximate surface area is 112 Å². The van der Waals surface area contributed by atoms with Gasteiger partial charge in [0.1, 0.15) is 0 Å². The summed E-state index contributed by atoms with van der Waals surface area (Å²) in [6.07, 6.45) is 2.33. The van der Waals surface area contributed by atoms with Crippen LogP contribution in [0.15, 0.2) is 35.8 Å². The van der Waals surface area contributed by atoms with Crippen LogP contribution < -0.4 is 0 Å². The molecule has 4 heteroatoms. The molecule has 2 rings (SSSR count). The summed E-state index contributed by atoms with van der Waals surface area (Å²) in [5.74, 6) is 0. The monoisotopic (exact) mass is 345 g/mol. The van der Waals surface area contributed by atoms with Gasteiger partial charge in [-0.1, -0.05) is 12.1 Å². The predicted octanol–water partition coefficient (Wildman–Crippen LogP) is 3.20. The van der Waals surface area contributed by atoms with Gasteiger partial charge in [-0.3, -0.25) is 0 Å². The second-order valence-corrected chi connectivity index (χ2v) is 6.11. The number of rotatable bonds is 3. The zero-order chi connectivity index (χ0) is 11.6. The van der Waals surface area contributed by atoms with E-state index >= 15 is 0 Å². The Morgan fingerprint density at radius 3 is 2.62 bits per heavy atom. The SMILES string of the molecule is CC(O)(Cc1nccs1)c1ccc(I)cc1. The van der Waals surface area contributed by atoms with Crippen molar-refractivity contribution < 1.29 is 5.11 Å². The molecule has 2 nitrogen and oxygen atoms in total. The molecule has 0 saturated heterocycles. The highest BCUT2D eigenvalue weighted by molar-refractivity contribution is 14.1. The topological polar surface area (TPSA) is 33.1 Å². The van der Waals surface area contributed by atoms with Crippen molar-refractivity contribution in [3.63, 3.8) is 0 Å². The molecule has 1 N–H and O–H groups in total. The van der Waals surface area contributed by atoms with Crippen molar-refractivity contribution in [2.75, 3.05) is 0 Å². The summed E-state index contributed by atoms with van der Waals surface area (Å²) in [6.45, 7) is 1.83. The average molecular weight is 345 g/mol. The zero-order valence-electron chi connectivity index (χ0n) is 8.85. The van der Waals surface area contributed by atoms with Gasteiger partial charge in [0.15, 0.2) is 0 Å². The Morgan fingerprint density at radius 1 is 1.38 bits per heavy atom. The molecule has 0 amide bonds. The quantitative estimate of drug-likeness (QED) is 0.867. The zero-order valence-corrected chi connectivity index (χ0v) is 11.8. The molecule has 1 heterocycles. The van der Waals surface area contributed by atoms with E-state index in [0.29, 0.717) is 6.42 Å². The van der Waals surface area contributed by atoms with Crippen LogP contribution in [0.3, 0.4) is 0 Å². The van der Waals surface area contributed by atoms with E-state index in [2.05, 4.69) is 27.6 Å². The van der Waals surface area contributed by atoms with Crippen LogP contribution in [-0.4, -0.2) is 10.1 Å². The van der Waals surface area contributed by atoms with E-state index in [-0.39, 0.29) is 0 Å². The lowest BCUT2D eigenvalue weighted by molar-refractivity contribution is 0.0575. The first-order valence-corrected chi connectivity index (χ1v) is 6.90. The minimum Gasteiger partial charge on any atom is -0.385 e. The third-order valence-corrected chi connectivity index (χ3v) is 3.94. The van der Waals surface area contributed by atoms with E-state index in [1.807, 2.05) is 36.6 Å². The maximum Gasteiger partial charge on any atom is 0.0956 e. The van der Waals surface area contributed by atoms with Crippen molar-refractivity contribution in [2.24, 2.45) is 0 Å². The lowest BCUT2D eigenvalue weighted by atomic mass is 9.93. The minimum atomic E-state index is -0.845. The minimum absolute atomic E-state index is 0.561. The Balaban J connectivity index is 2.21. The van der Waals surface area contributed by atoms with E-state index in [9.17, 15) is 5.11 Å². The Kier molecular flexibility index (Phi) is 3.61. The highest BCUT2D eigenvalue weighted by atomic mass is 127. The number of benzene rings is 1. The van der Waals surface area contributed by atoms with Crippen molar-refractivity contribution in [2.45, 2.75) is 18.9 Å². The molecule has 0 aliphatic carbocycles. The van der Waals surface area contributed by atoms with E-state index < -0.39 is 5.60 Å². The van der Waals surface area contributed by atoms with Gasteiger partial charge in [-0.25, -0.2) is 4.98 Å². The van der Waals surface area contributed by atoms with Crippen molar-refractivity contribution in [1.29, 1.82) is 0 Å². The van der Waals surface area contributed by atoms with E-state index in [4.69, 9.17) is 0 Å². The van der Waals surface area contributed by atoms with E-state index in [0.717, 1.165) is 10.6 Å². The van der Waals surface area contributed by atoms with Crippen LogP contribution in [0, 0.1) is 3.57 Å². The number of thiazole rings is 1. The summed E-state index contributed by atoms with van der Waals surface area (Å²) in [4.78, 5) is 4.20. The number of halogens is 1. The van der Waals surface area contributed by atoms with Crippen molar-refractivity contribution in [1.82, 2.24) is 4.98 Å². The van der Waals surface area contributed by atoms with Crippen molar-refractivity contribution in [3.05, 3.63) is 50.0 Å². The molecule has 0 aliphatic heterocycles. The van der Waals surface area contributed by atoms with Gasteiger partial charge in [-0.05, 0) is 47.2 Å². The molecular weight excluding hydrogens is 333 g/mol. The first kappa shape index (κ1) is 12.0. The normalized spacial score (nSPS) is 14.7. The molecule has 1 aromatic carbocycles. The van der Waals surface area contributed by atoms with Gasteiger partial charge in [0.2, 0.25) is 0 Å². The summed E-state index contributed by atoms with van der Waals surface area (Å²) in [5.41, 5.74) is 0.0884. The summed E-state index contributed by atoms with van der Waals surface area (Å²) in [7, 11) is 0. The first-order chi connectivity index (χ1) is 7.58. The molecule has 0 bridgehead atoms. The fourth-order valence-corrected chi connectivity index (χ4v) is 2.67. The van der Waals surface area contributed by atoms with Gasteiger partial charge in [0, 0.05) is 21.6 Å². The number of hydrogen-bond donors (Lipinski definition) is 1. The largest absolute Gasteiger partial charge is 0.385 e. The standard InChI is InChI=1S/C12H12INOS/c1-12(15,8-11-14-6-7-16-11)9-2-4-10(13)5-3-9/h2-7,15H,8H2,1H3. The smallest absolute Gasteiger partial charge is 0.0956 e. The molecular formula is C12H12INOS. The maximum absolute atomic E-state index is 10.4. The van der Waals surface area contributed by atoms with Crippen LogP contribution in [-0.2, 0) is 12.0 Å². The highest BCUT2D eigenvalue weighted by Gasteiger charge is 2.24. The predicted molar refractivity (Wildman–Crippen MR) is 74.5 cm³/mol. The van der Waals surface area contributed by atoms with Gasteiger partial charge in [0.25, 0.3) is 0 Å². The molecule has 0 aliphatic rings. The van der Waals surface area contributed by atoms with Crippen LogP contribution in [0.4, 0.5) is 0 Å². The summed E-state index contributed by atoms with van der Waals surface area (Å²) < 4.78 is 1.17. The lowest BCUT2D eigenvalue weighted by Crippen LogP contribution is -2.24. The fourth-order valence-electron chi connectivity index (χ4n) is 1.55. The van der Waals surface area contributed by atoms with Gasteiger partial charge in [-0.15, -0.1) is 11.3 Å². The van der Waals surface area contributed by atoms with Gasteiger partial charge in [0.05, 0.1) is 10.6 Å². The van der Waals surface area contributed by atoms with Gasteiger partial charge in [-0.2, -0.15) is 0 Å². The Hall–Kier alpha value is -0.460. The Bertz CT molecular complexity index is 450. The third kappa shape index (κ3) is 2.81. The van der Waals surface area contributed by atoms with Crippen LogP contribution >= 0.6 is 33.9 Å². The highest BCUT2D eigenvalue weighted by Crippen LogP contribution is 2.26. The van der Waals surface area contributed by atoms with Crippen LogP contribution in [0.2, 0.25) is 0 Å². The lowest BCUT2D eigenvalue weighted by Gasteiger charge is -2.22. The molecule has 0 fully saturated rings. The van der Waals surface area contributed by atoms with Gasteiger partial charge < -0.3 is 5.11 Å². The number of aromatic nitrogens is 1. The second-order valence-electron chi connectivity index (χ2n) is 3.88. The molecule has 0 radical (unpaired) electrons. The second kappa shape index (κ2) is 4.81. The molecule has 2 aromatic rings. The van der Waals surface area contributed by atoms with E-state index in [1.54, 1.807) is 17.5 Å². The summed E-state index contributed by atoms with van der Waals surface area (Å²) >= 11 is 3.83. The molecule has 1 unspecified atom stereocenters. The average Bonchev–Trinajstić information content (AvgIpc) is 2.70. The van der Waals surface area contributed by atoms with Gasteiger partial charge >= 0.3 is 0 Å². The molecule has 84 valence electrons. The van der Waals surface area contributed by atoms with Crippen LogP contribution in [0.5, 0.6) is 0 Å². The molecule has 0 spiro atoms. The summed E-state index contributed by atoms with van der Waals surface area (Å²) in [6, 6.07) is 7.95. The van der Waals surface area contributed by atoms with Crippen molar-refractivity contribution >= 4 is 33.9 Å². The number of nitrogens with zero attached hydrogens (tertiary/aromatic N) is 1. The maximum atomic E-state index is 10.4. The third-order valence-electron chi connectivity index (χ3n) is 2.45. The molecule has 0 saturated carbocycles. The van der Waals surface area contributed by atoms with E-state index in [1.165, 1.54) is 3.57 Å².